The minimum atomic E-state index is -4.45. The fraction of sp³-hybridized carbons (Fsp3) is 0.357. The van der Waals surface area contributed by atoms with Gasteiger partial charge in [-0.2, -0.15) is 13.2 Å². The second-order valence-corrected chi connectivity index (χ2v) is 5.43. The van der Waals surface area contributed by atoms with E-state index in [0.717, 1.165) is 19.0 Å². The average Bonchev–Trinajstić information content (AvgIpc) is 2.87. The number of aryl methyl sites for hydroxylation is 1. The van der Waals surface area contributed by atoms with Crippen molar-refractivity contribution < 1.29 is 17.6 Å². The van der Waals surface area contributed by atoms with E-state index in [1.807, 2.05) is 7.05 Å². The van der Waals surface area contributed by atoms with Crippen LogP contribution in [0.4, 0.5) is 13.2 Å². The number of hydrogen-bond donors (Lipinski definition) is 1. The van der Waals surface area contributed by atoms with E-state index < -0.39 is 11.7 Å². The van der Waals surface area contributed by atoms with Crippen LogP contribution in [0, 0.1) is 0 Å². The summed E-state index contributed by atoms with van der Waals surface area (Å²) in [5.74, 6) is 0.575. The fourth-order valence-corrected chi connectivity index (χ4v) is 2.29. The van der Waals surface area contributed by atoms with Gasteiger partial charge in [0.1, 0.15) is 0 Å². The number of alkyl halides is 3. The van der Waals surface area contributed by atoms with Gasteiger partial charge in [-0.05, 0) is 38.2 Å². The largest absolute Gasteiger partial charge is 0.441 e. The molecule has 0 bridgehead atoms. The van der Waals surface area contributed by atoms with Gasteiger partial charge in [0.25, 0.3) is 0 Å². The van der Waals surface area contributed by atoms with Crippen LogP contribution in [0.1, 0.15) is 17.9 Å². The predicted molar refractivity (Wildman–Crippen MR) is 76.9 cm³/mol. The molecule has 2 aromatic rings. The molecule has 0 atom stereocenters. The van der Waals surface area contributed by atoms with Crippen molar-refractivity contribution in [2.45, 2.75) is 19.0 Å². The third-order valence-electron chi connectivity index (χ3n) is 2.92. The number of halogens is 4. The first-order valence-corrected chi connectivity index (χ1v) is 7.17. The third-order valence-corrected chi connectivity index (χ3v) is 3.42. The van der Waals surface area contributed by atoms with Crippen LogP contribution in [0.15, 0.2) is 33.3 Å². The van der Waals surface area contributed by atoms with E-state index in [0.29, 0.717) is 16.8 Å². The Kier molecular flexibility index (Phi) is 5.05. The number of benzene rings is 1. The fourth-order valence-electron chi connectivity index (χ4n) is 1.93. The number of aromatic nitrogens is 1. The van der Waals surface area contributed by atoms with Crippen LogP contribution in [-0.2, 0) is 12.6 Å². The monoisotopic (exact) mass is 362 g/mol. The summed E-state index contributed by atoms with van der Waals surface area (Å²) in [6.45, 7) is 0.795. The van der Waals surface area contributed by atoms with Gasteiger partial charge in [-0.25, -0.2) is 4.98 Å². The zero-order chi connectivity index (χ0) is 15.5. The molecular formula is C14H14BrF3N2O. The summed E-state index contributed by atoms with van der Waals surface area (Å²) < 4.78 is 45.0. The predicted octanol–water partition coefficient (Wildman–Crippen LogP) is 4.27. The summed E-state index contributed by atoms with van der Waals surface area (Å²) in [6, 6.07) is 3.97. The van der Waals surface area contributed by atoms with Crippen LogP contribution in [0.3, 0.4) is 0 Å². The maximum absolute atomic E-state index is 13.1. The van der Waals surface area contributed by atoms with Gasteiger partial charge in [-0.15, -0.1) is 0 Å². The van der Waals surface area contributed by atoms with Crippen molar-refractivity contribution in [3.05, 3.63) is 40.3 Å². The summed E-state index contributed by atoms with van der Waals surface area (Å²) in [7, 11) is 1.83. The molecule has 7 heteroatoms. The van der Waals surface area contributed by atoms with Gasteiger partial charge >= 0.3 is 6.18 Å². The van der Waals surface area contributed by atoms with Gasteiger partial charge in [0.15, 0.2) is 11.7 Å². The van der Waals surface area contributed by atoms with Gasteiger partial charge in [-0.3, -0.25) is 0 Å². The Morgan fingerprint density at radius 2 is 2.10 bits per heavy atom. The van der Waals surface area contributed by atoms with E-state index in [-0.39, 0.29) is 11.3 Å². The van der Waals surface area contributed by atoms with Crippen molar-refractivity contribution in [1.82, 2.24) is 10.3 Å². The van der Waals surface area contributed by atoms with E-state index in [2.05, 4.69) is 26.2 Å². The molecular weight excluding hydrogens is 349 g/mol. The lowest BCUT2D eigenvalue weighted by atomic mass is 10.1. The number of nitrogens with one attached hydrogen (secondary N) is 1. The van der Waals surface area contributed by atoms with E-state index in [1.54, 1.807) is 6.07 Å². The number of nitrogens with zero attached hydrogens (tertiary/aromatic N) is 1. The van der Waals surface area contributed by atoms with Gasteiger partial charge in [0.2, 0.25) is 0 Å². The molecule has 0 aliphatic rings. The van der Waals surface area contributed by atoms with Crippen LogP contribution < -0.4 is 5.32 Å². The van der Waals surface area contributed by atoms with E-state index in [1.165, 1.54) is 12.3 Å². The van der Waals surface area contributed by atoms with Crippen LogP contribution in [-0.4, -0.2) is 18.6 Å². The number of rotatable bonds is 5. The topological polar surface area (TPSA) is 38.1 Å². The Morgan fingerprint density at radius 1 is 1.33 bits per heavy atom. The first kappa shape index (κ1) is 16.0. The molecule has 1 aromatic heterocycles. The minimum absolute atomic E-state index is 0.00179. The molecule has 0 saturated heterocycles. The molecule has 1 heterocycles. The highest BCUT2D eigenvalue weighted by Crippen LogP contribution is 2.38. The van der Waals surface area contributed by atoms with Crippen LogP contribution >= 0.6 is 15.9 Å². The number of hydrogen-bond acceptors (Lipinski definition) is 3. The minimum Gasteiger partial charge on any atom is -0.441 e. The quantitative estimate of drug-likeness (QED) is 0.807. The lowest BCUT2D eigenvalue weighted by Gasteiger charge is -2.11. The Bertz CT molecular complexity index is 611. The molecule has 0 aliphatic heterocycles. The van der Waals surface area contributed by atoms with Crippen molar-refractivity contribution >= 4 is 15.9 Å². The molecule has 2 rings (SSSR count). The normalized spacial score (nSPS) is 11.9. The summed E-state index contributed by atoms with van der Waals surface area (Å²) in [4.78, 5) is 4.04. The highest BCUT2D eigenvalue weighted by Gasteiger charge is 2.34. The maximum Gasteiger partial charge on any atom is 0.417 e. The first-order chi connectivity index (χ1) is 9.91. The Hall–Kier alpha value is -1.34. The summed E-state index contributed by atoms with van der Waals surface area (Å²) >= 11 is 3.06. The second-order valence-electron chi connectivity index (χ2n) is 4.51. The SMILES string of the molecule is CNCCCc1ncc(-c2ccc(Br)cc2C(F)(F)F)o1. The lowest BCUT2D eigenvalue weighted by Crippen LogP contribution is -2.08. The van der Waals surface area contributed by atoms with Crippen molar-refractivity contribution in [3.63, 3.8) is 0 Å². The van der Waals surface area contributed by atoms with Crippen molar-refractivity contribution in [2.75, 3.05) is 13.6 Å². The van der Waals surface area contributed by atoms with Gasteiger partial charge in [-0.1, -0.05) is 15.9 Å². The van der Waals surface area contributed by atoms with Gasteiger partial charge < -0.3 is 9.73 Å². The van der Waals surface area contributed by atoms with E-state index in [9.17, 15) is 13.2 Å². The van der Waals surface area contributed by atoms with Crippen LogP contribution in [0.5, 0.6) is 0 Å². The molecule has 0 unspecified atom stereocenters. The smallest absolute Gasteiger partial charge is 0.417 e. The maximum atomic E-state index is 13.1. The molecule has 3 nitrogen and oxygen atoms in total. The Labute approximate surface area is 128 Å². The van der Waals surface area contributed by atoms with E-state index >= 15 is 0 Å². The number of oxazole rings is 1. The molecule has 0 spiro atoms. The standard InChI is InChI=1S/C14H14BrF3N2O/c1-19-6-2-3-13-20-8-12(21-13)10-5-4-9(15)7-11(10)14(16,17)18/h4-5,7-8,19H,2-3,6H2,1H3. The first-order valence-electron chi connectivity index (χ1n) is 6.38. The Balaban J connectivity index is 2.30. The molecule has 0 saturated carbocycles. The third kappa shape index (κ3) is 4.07. The Morgan fingerprint density at radius 3 is 2.76 bits per heavy atom. The van der Waals surface area contributed by atoms with Gasteiger partial charge in [0.05, 0.1) is 11.8 Å². The average molecular weight is 363 g/mol. The highest BCUT2D eigenvalue weighted by atomic mass is 79.9. The molecule has 21 heavy (non-hydrogen) atoms. The van der Waals surface area contributed by atoms with Crippen molar-refractivity contribution in [1.29, 1.82) is 0 Å². The molecule has 0 amide bonds. The summed E-state index contributed by atoms with van der Waals surface area (Å²) in [6.07, 6.45) is -1.72. The van der Waals surface area contributed by atoms with Crippen molar-refractivity contribution in [3.8, 4) is 11.3 Å². The van der Waals surface area contributed by atoms with Crippen LogP contribution in [0.25, 0.3) is 11.3 Å². The zero-order valence-corrected chi connectivity index (χ0v) is 12.9. The molecule has 0 aliphatic carbocycles. The molecule has 0 fully saturated rings. The van der Waals surface area contributed by atoms with E-state index in [4.69, 9.17) is 4.42 Å². The second kappa shape index (κ2) is 6.62. The highest BCUT2D eigenvalue weighted by molar-refractivity contribution is 9.10. The lowest BCUT2D eigenvalue weighted by molar-refractivity contribution is -0.137. The molecule has 1 N–H and O–H groups in total. The van der Waals surface area contributed by atoms with Crippen LogP contribution in [0.2, 0.25) is 0 Å². The van der Waals surface area contributed by atoms with Crippen molar-refractivity contribution in [2.24, 2.45) is 0 Å². The molecule has 114 valence electrons. The summed E-state index contributed by atoms with van der Waals surface area (Å²) in [5, 5.41) is 2.99. The molecule has 1 aromatic carbocycles. The van der Waals surface area contributed by atoms with Gasteiger partial charge in [0, 0.05) is 16.5 Å². The molecule has 0 radical (unpaired) electrons. The summed E-state index contributed by atoms with van der Waals surface area (Å²) in [5.41, 5.74) is -0.743. The zero-order valence-electron chi connectivity index (χ0n) is 11.3.